The van der Waals surface area contributed by atoms with Crippen molar-refractivity contribution in [2.45, 2.75) is 39.2 Å². The van der Waals surface area contributed by atoms with Crippen molar-refractivity contribution < 1.29 is 4.74 Å². The summed E-state index contributed by atoms with van der Waals surface area (Å²) in [6.45, 7) is 9.08. The minimum atomic E-state index is 0.697. The zero-order valence-electron chi connectivity index (χ0n) is 13.0. The summed E-state index contributed by atoms with van der Waals surface area (Å²) in [7, 11) is 1.67. The largest absolute Gasteiger partial charge is 0.481 e. The fourth-order valence-electron chi connectivity index (χ4n) is 3.03. The Morgan fingerprint density at radius 3 is 2.60 bits per heavy atom. The molecule has 1 aromatic rings. The first kappa shape index (κ1) is 15.1. The summed E-state index contributed by atoms with van der Waals surface area (Å²) in [6, 6.07) is 4.86. The first-order chi connectivity index (χ1) is 9.78. The van der Waals surface area contributed by atoms with E-state index in [2.05, 4.69) is 34.7 Å². The summed E-state index contributed by atoms with van der Waals surface area (Å²) in [4.78, 5) is 9.26. The average molecular weight is 277 g/mol. The molecule has 0 radical (unpaired) electrons. The predicted molar refractivity (Wildman–Crippen MR) is 83.6 cm³/mol. The van der Waals surface area contributed by atoms with Gasteiger partial charge >= 0.3 is 0 Å². The SMILES string of the molecule is CCCC(CC)N1CCN(c2ccnc(OC)c2)CC1. The third-order valence-corrected chi connectivity index (χ3v) is 4.22. The Labute approximate surface area is 122 Å². The zero-order valence-corrected chi connectivity index (χ0v) is 13.0. The van der Waals surface area contributed by atoms with Gasteiger partial charge in [0.15, 0.2) is 0 Å². The molecule has 1 aliphatic heterocycles. The molecule has 4 heteroatoms. The molecule has 0 aliphatic carbocycles. The van der Waals surface area contributed by atoms with Gasteiger partial charge in [0.25, 0.3) is 0 Å². The maximum Gasteiger partial charge on any atom is 0.214 e. The van der Waals surface area contributed by atoms with Gasteiger partial charge in [-0.2, -0.15) is 0 Å². The van der Waals surface area contributed by atoms with Gasteiger partial charge in [0.1, 0.15) is 0 Å². The van der Waals surface area contributed by atoms with E-state index in [9.17, 15) is 0 Å². The van der Waals surface area contributed by atoms with Crippen LogP contribution in [0.15, 0.2) is 18.3 Å². The second-order valence-corrected chi connectivity index (χ2v) is 5.43. The Hall–Kier alpha value is -1.29. The van der Waals surface area contributed by atoms with Crippen molar-refractivity contribution in [1.29, 1.82) is 0 Å². The first-order valence-corrected chi connectivity index (χ1v) is 7.77. The van der Waals surface area contributed by atoms with Gasteiger partial charge in [0.05, 0.1) is 7.11 Å². The number of pyridine rings is 1. The lowest BCUT2D eigenvalue weighted by molar-refractivity contribution is 0.170. The van der Waals surface area contributed by atoms with Crippen molar-refractivity contribution in [1.82, 2.24) is 9.88 Å². The van der Waals surface area contributed by atoms with Crippen molar-refractivity contribution in [2.24, 2.45) is 0 Å². The van der Waals surface area contributed by atoms with Crippen LogP contribution in [0.3, 0.4) is 0 Å². The number of hydrogen-bond donors (Lipinski definition) is 0. The Morgan fingerprint density at radius 1 is 1.25 bits per heavy atom. The molecular weight excluding hydrogens is 250 g/mol. The van der Waals surface area contributed by atoms with E-state index in [4.69, 9.17) is 4.74 Å². The van der Waals surface area contributed by atoms with Gasteiger partial charge in [-0.15, -0.1) is 0 Å². The molecule has 4 nitrogen and oxygen atoms in total. The lowest BCUT2D eigenvalue weighted by Crippen LogP contribution is -2.50. The van der Waals surface area contributed by atoms with E-state index < -0.39 is 0 Å². The predicted octanol–water partition coefficient (Wildman–Crippen LogP) is 2.79. The minimum Gasteiger partial charge on any atom is -0.481 e. The minimum absolute atomic E-state index is 0.697. The van der Waals surface area contributed by atoms with Crippen molar-refractivity contribution >= 4 is 5.69 Å². The molecule has 0 saturated carbocycles. The summed E-state index contributed by atoms with van der Waals surface area (Å²) in [5, 5.41) is 0. The molecule has 1 unspecified atom stereocenters. The van der Waals surface area contributed by atoms with E-state index in [1.165, 1.54) is 24.9 Å². The van der Waals surface area contributed by atoms with Crippen molar-refractivity contribution in [3.63, 3.8) is 0 Å². The van der Waals surface area contributed by atoms with Crippen LogP contribution in [0.25, 0.3) is 0 Å². The number of aromatic nitrogens is 1. The van der Waals surface area contributed by atoms with Crippen LogP contribution in [-0.4, -0.2) is 49.2 Å². The van der Waals surface area contributed by atoms with Crippen LogP contribution < -0.4 is 9.64 Å². The molecule has 1 fully saturated rings. The number of methoxy groups -OCH3 is 1. The summed E-state index contributed by atoms with van der Waals surface area (Å²) in [5.41, 5.74) is 1.22. The van der Waals surface area contributed by atoms with E-state index in [1.54, 1.807) is 7.11 Å². The molecule has 1 aromatic heterocycles. The highest BCUT2D eigenvalue weighted by Crippen LogP contribution is 2.21. The number of anilines is 1. The van der Waals surface area contributed by atoms with Gasteiger partial charge in [0.2, 0.25) is 5.88 Å². The van der Waals surface area contributed by atoms with Gasteiger partial charge < -0.3 is 9.64 Å². The lowest BCUT2D eigenvalue weighted by Gasteiger charge is -2.40. The lowest BCUT2D eigenvalue weighted by atomic mass is 10.1. The monoisotopic (exact) mass is 277 g/mol. The normalized spacial score (nSPS) is 18.1. The molecule has 1 atom stereocenters. The maximum absolute atomic E-state index is 5.21. The third kappa shape index (κ3) is 3.63. The second-order valence-electron chi connectivity index (χ2n) is 5.43. The molecule has 0 aromatic carbocycles. The quantitative estimate of drug-likeness (QED) is 0.799. The average Bonchev–Trinajstić information content (AvgIpc) is 2.53. The molecule has 1 aliphatic rings. The summed E-state index contributed by atoms with van der Waals surface area (Å²) < 4.78 is 5.21. The molecule has 20 heavy (non-hydrogen) atoms. The molecule has 0 spiro atoms. The van der Waals surface area contributed by atoms with E-state index in [1.807, 2.05) is 12.3 Å². The van der Waals surface area contributed by atoms with E-state index >= 15 is 0 Å². The molecule has 2 heterocycles. The van der Waals surface area contributed by atoms with E-state index in [0.717, 1.165) is 32.2 Å². The molecule has 0 amide bonds. The summed E-state index contributed by atoms with van der Waals surface area (Å²) in [5.74, 6) is 0.697. The summed E-state index contributed by atoms with van der Waals surface area (Å²) in [6.07, 6.45) is 5.68. The van der Waals surface area contributed by atoms with Crippen LogP contribution in [0, 0.1) is 0 Å². The smallest absolute Gasteiger partial charge is 0.214 e. The highest BCUT2D eigenvalue weighted by molar-refractivity contribution is 5.48. The zero-order chi connectivity index (χ0) is 14.4. The van der Waals surface area contributed by atoms with Crippen LogP contribution in [0.5, 0.6) is 5.88 Å². The number of ether oxygens (including phenoxy) is 1. The molecule has 2 rings (SSSR count). The van der Waals surface area contributed by atoms with Crippen LogP contribution in [0.1, 0.15) is 33.1 Å². The van der Waals surface area contributed by atoms with E-state index in [-0.39, 0.29) is 0 Å². The van der Waals surface area contributed by atoms with Crippen LogP contribution in [-0.2, 0) is 0 Å². The van der Waals surface area contributed by atoms with Crippen molar-refractivity contribution in [3.8, 4) is 5.88 Å². The van der Waals surface area contributed by atoms with Gasteiger partial charge in [-0.3, -0.25) is 4.90 Å². The molecule has 0 bridgehead atoms. The molecule has 1 saturated heterocycles. The van der Waals surface area contributed by atoms with Gasteiger partial charge in [-0.05, 0) is 18.9 Å². The Kier molecular flexibility index (Phi) is 5.65. The molecule has 0 N–H and O–H groups in total. The van der Waals surface area contributed by atoms with Gasteiger partial charge in [-0.25, -0.2) is 4.98 Å². The summed E-state index contributed by atoms with van der Waals surface area (Å²) >= 11 is 0. The Bertz CT molecular complexity index is 402. The number of nitrogens with zero attached hydrogens (tertiary/aromatic N) is 3. The Morgan fingerprint density at radius 2 is 2.00 bits per heavy atom. The second kappa shape index (κ2) is 7.48. The fourth-order valence-corrected chi connectivity index (χ4v) is 3.03. The maximum atomic E-state index is 5.21. The number of rotatable bonds is 6. The van der Waals surface area contributed by atoms with Crippen LogP contribution in [0.2, 0.25) is 0 Å². The van der Waals surface area contributed by atoms with E-state index in [0.29, 0.717) is 5.88 Å². The van der Waals surface area contributed by atoms with Gasteiger partial charge in [-0.1, -0.05) is 20.3 Å². The first-order valence-electron chi connectivity index (χ1n) is 7.77. The third-order valence-electron chi connectivity index (χ3n) is 4.22. The standard InChI is InChI=1S/C16H27N3O/c1-4-6-14(5-2)18-9-11-19(12-10-18)15-7-8-17-16(13-15)20-3/h7-8,13-14H,4-6,9-12H2,1-3H3. The highest BCUT2D eigenvalue weighted by Gasteiger charge is 2.22. The van der Waals surface area contributed by atoms with Crippen LogP contribution >= 0.6 is 0 Å². The van der Waals surface area contributed by atoms with Crippen LogP contribution in [0.4, 0.5) is 5.69 Å². The number of piperazine rings is 1. The van der Waals surface area contributed by atoms with Crippen molar-refractivity contribution in [3.05, 3.63) is 18.3 Å². The highest BCUT2D eigenvalue weighted by atomic mass is 16.5. The number of hydrogen-bond acceptors (Lipinski definition) is 4. The van der Waals surface area contributed by atoms with Gasteiger partial charge in [0, 0.05) is 50.2 Å². The van der Waals surface area contributed by atoms with Crippen molar-refractivity contribution in [2.75, 3.05) is 38.2 Å². The Balaban J connectivity index is 1.93. The topological polar surface area (TPSA) is 28.6 Å². The molecule has 112 valence electrons. The molecular formula is C16H27N3O. The fraction of sp³-hybridized carbons (Fsp3) is 0.688.